The molecule has 0 saturated carbocycles. The van der Waals surface area contributed by atoms with E-state index in [2.05, 4.69) is 156 Å². The lowest BCUT2D eigenvalue weighted by Gasteiger charge is -2.13. The summed E-state index contributed by atoms with van der Waals surface area (Å²) in [6, 6.07) is 58.2. The summed E-state index contributed by atoms with van der Waals surface area (Å²) in [6.45, 7) is 0. The maximum absolute atomic E-state index is 5.25. The molecule has 0 saturated heterocycles. The van der Waals surface area contributed by atoms with Crippen LogP contribution in [0.15, 0.2) is 170 Å². The molecule has 5 heteroatoms. The number of aromatic nitrogens is 4. The van der Waals surface area contributed by atoms with Gasteiger partial charge < -0.3 is 4.57 Å². The molecule has 0 aliphatic carbocycles. The van der Waals surface area contributed by atoms with Crippen molar-refractivity contribution in [2.45, 2.75) is 0 Å². The number of nitrogens with zero attached hydrogens (tertiary/aromatic N) is 4. The minimum atomic E-state index is 0.645. The van der Waals surface area contributed by atoms with E-state index in [4.69, 9.17) is 15.0 Å². The van der Waals surface area contributed by atoms with Gasteiger partial charge in [-0.2, -0.15) is 0 Å². The molecular weight excluding hydrogens is 653 g/mol. The lowest BCUT2D eigenvalue weighted by molar-refractivity contribution is 1.16. The molecule has 0 bridgehead atoms. The number of benzene rings is 7. The molecule has 4 heterocycles. The first kappa shape index (κ1) is 29.1. The Labute approximate surface area is 302 Å². The van der Waals surface area contributed by atoms with E-state index in [9.17, 15) is 0 Å². The maximum Gasteiger partial charge on any atom is 0.163 e. The normalized spacial score (nSPS) is 11.8. The fourth-order valence-corrected chi connectivity index (χ4v) is 9.18. The van der Waals surface area contributed by atoms with Crippen LogP contribution in [-0.4, -0.2) is 19.5 Å². The number of para-hydroxylation sites is 1. The van der Waals surface area contributed by atoms with Crippen molar-refractivity contribution in [2.75, 3.05) is 0 Å². The molecule has 11 aromatic rings. The van der Waals surface area contributed by atoms with Crippen LogP contribution in [0, 0.1) is 0 Å². The summed E-state index contributed by atoms with van der Waals surface area (Å²) in [5, 5.41) is 8.61. The lowest BCUT2D eigenvalue weighted by atomic mass is 10.00. The monoisotopic (exact) mass is 680 g/mol. The van der Waals surface area contributed by atoms with Crippen LogP contribution >= 0.6 is 11.3 Å². The number of thiophene rings is 1. The molecule has 0 unspecified atom stereocenters. The molecule has 52 heavy (non-hydrogen) atoms. The van der Waals surface area contributed by atoms with Crippen LogP contribution in [0.4, 0.5) is 0 Å². The van der Waals surface area contributed by atoms with E-state index < -0.39 is 0 Å². The third-order valence-corrected chi connectivity index (χ3v) is 11.5. The van der Waals surface area contributed by atoms with Crippen LogP contribution in [-0.2, 0) is 0 Å². The van der Waals surface area contributed by atoms with E-state index >= 15 is 0 Å². The topological polar surface area (TPSA) is 43.6 Å². The Balaban J connectivity index is 1.15. The molecule has 0 fully saturated rings. The van der Waals surface area contributed by atoms with Gasteiger partial charge in [0, 0.05) is 70.1 Å². The summed E-state index contributed by atoms with van der Waals surface area (Å²) < 4.78 is 5.08. The number of pyridine rings is 1. The van der Waals surface area contributed by atoms with Gasteiger partial charge in [-0.05, 0) is 47.5 Å². The van der Waals surface area contributed by atoms with E-state index in [-0.39, 0.29) is 0 Å². The quantitative estimate of drug-likeness (QED) is 0.186. The van der Waals surface area contributed by atoms with Gasteiger partial charge in [-0.15, -0.1) is 11.3 Å². The first-order valence-corrected chi connectivity index (χ1v) is 18.3. The summed E-state index contributed by atoms with van der Waals surface area (Å²) in [4.78, 5) is 15.0. The van der Waals surface area contributed by atoms with E-state index in [1.54, 1.807) is 6.20 Å². The fraction of sp³-hybridized carbons (Fsp3) is 0. The second-order valence-corrected chi connectivity index (χ2v) is 14.2. The number of fused-ring (bicyclic) bond motifs is 11. The number of rotatable bonds is 4. The largest absolute Gasteiger partial charge is 0.309 e. The van der Waals surface area contributed by atoms with E-state index in [1.165, 1.54) is 63.9 Å². The summed E-state index contributed by atoms with van der Waals surface area (Å²) in [6.07, 6.45) is 1.80. The molecule has 11 rings (SSSR count). The summed E-state index contributed by atoms with van der Waals surface area (Å²) >= 11 is 1.89. The highest BCUT2D eigenvalue weighted by atomic mass is 32.1. The minimum Gasteiger partial charge on any atom is -0.309 e. The SMILES string of the molecule is c1ccc(-c2ccc(-c3nc(-c4cccc(-n5c6ccccc6c6c7c8ccccc8sc7c7ccccc7c65)c4)nc4ncccc34)cc2)cc1. The van der Waals surface area contributed by atoms with Crippen molar-refractivity contribution >= 4 is 75.1 Å². The Morgan fingerprint density at radius 3 is 2.00 bits per heavy atom. The van der Waals surface area contributed by atoms with E-state index in [0.29, 0.717) is 11.5 Å². The van der Waals surface area contributed by atoms with Crippen LogP contribution in [0.1, 0.15) is 0 Å². The predicted molar refractivity (Wildman–Crippen MR) is 218 cm³/mol. The Bertz CT molecular complexity index is 3180. The summed E-state index contributed by atoms with van der Waals surface area (Å²) in [5.41, 5.74) is 9.30. The van der Waals surface area contributed by atoms with Gasteiger partial charge in [-0.3, -0.25) is 0 Å². The van der Waals surface area contributed by atoms with Gasteiger partial charge in [0.1, 0.15) is 0 Å². The van der Waals surface area contributed by atoms with Gasteiger partial charge in [0.25, 0.3) is 0 Å². The summed E-state index contributed by atoms with van der Waals surface area (Å²) in [7, 11) is 0. The highest BCUT2D eigenvalue weighted by Gasteiger charge is 2.22. The molecule has 0 atom stereocenters. The molecule has 0 aliphatic rings. The average Bonchev–Trinajstić information content (AvgIpc) is 3.78. The van der Waals surface area contributed by atoms with E-state index in [0.717, 1.165) is 27.9 Å². The van der Waals surface area contributed by atoms with Crippen molar-refractivity contribution < 1.29 is 0 Å². The van der Waals surface area contributed by atoms with Gasteiger partial charge in [-0.1, -0.05) is 127 Å². The third-order valence-electron chi connectivity index (χ3n) is 10.2. The van der Waals surface area contributed by atoms with Gasteiger partial charge in [0.05, 0.1) is 16.7 Å². The zero-order chi connectivity index (χ0) is 34.2. The first-order valence-electron chi connectivity index (χ1n) is 17.4. The van der Waals surface area contributed by atoms with Gasteiger partial charge in [0.2, 0.25) is 0 Å². The van der Waals surface area contributed by atoms with Crippen LogP contribution in [0.3, 0.4) is 0 Å². The van der Waals surface area contributed by atoms with Crippen LogP contribution in [0.2, 0.25) is 0 Å². The maximum atomic E-state index is 5.25. The molecule has 0 amide bonds. The van der Waals surface area contributed by atoms with Crippen molar-refractivity contribution in [1.29, 1.82) is 0 Å². The predicted octanol–water partition coefficient (Wildman–Crippen LogP) is 12.6. The zero-order valence-electron chi connectivity index (χ0n) is 27.9. The molecule has 0 N–H and O–H groups in total. The van der Waals surface area contributed by atoms with Gasteiger partial charge in [-0.25, -0.2) is 15.0 Å². The zero-order valence-corrected chi connectivity index (χ0v) is 28.7. The standard InChI is InChI=1S/C47H28N4S/c1-2-12-29(13-3-1)30-23-25-31(26-24-30)43-38-20-11-27-48-47(38)50-46(49-43)32-14-10-15-33(28-32)51-39-21-8-6-18-36(39)41-42-37-19-7-9-22-40(37)52-45(42)35-17-5-4-16-34(35)44(41)51/h1-28H. The van der Waals surface area contributed by atoms with Crippen LogP contribution in [0.5, 0.6) is 0 Å². The second kappa shape index (κ2) is 11.4. The lowest BCUT2D eigenvalue weighted by Crippen LogP contribution is -1.99. The Kier molecular flexibility index (Phi) is 6.39. The molecule has 242 valence electrons. The molecule has 0 spiro atoms. The van der Waals surface area contributed by atoms with Crippen molar-refractivity contribution in [2.24, 2.45) is 0 Å². The highest BCUT2D eigenvalue weighted by molar-refractivity contribution is 7.27. The highest BCUT2D eigenvalue weighted by Crippen LogP contribution is 2.48. The van der Waals surface area contributed by atoms with Crippen molar-refractivity contribution in [3.63, 3.8) is 0 Å². The molecule has 0 aliphatic heterocycles. The fourth-order valence-electron chi connectivity index (χ4n) is 7.93. The van der Waals surface area contributed by atoms with Gasteiger partial charge >= 0.3 is 0 Å². The van der Waals surface area contributed by atoms with Crippen LogP contribution in [0.25, 0.3) is 103 Å². The Hall–Kier alpha value is -6.69. The molecular formula is C47H28N4S. The molecule has 0 radical (unpaired) electrons. The summed E-state index contributed by atoms with van der Waals surface area (Å²) in [5.74, 6) is 0.645. The number of hydrogen-bond acceptors (Lipinski definition) is 4. The van der Waals surface area contributed by atoms with Gasteiger partial charge in [0.15, 0.2) is 11.5 Å². The smallest absolute Gasteiger partial charge is 0.163 e. The molecule has 7 aromatic carbocycles. The van der Waals surface area contributed by atoms with Crippen molar-refractivity contribution in [1.82, 2.24) is 19.5 Å². The van der Waals surface area contributed by atoms with Crippen LogP contribution < -0.4 is 0 Å². The third kappa shape index (κ3) is 4.36. The van der Waals surface area contributed by atoms with Crippen molar-refractivity contribution in [3.8, 4) is 39.5 Å². The average molecular weight is 681 g/mol. The molecule has 4 nitrogen and oxygen atoms in total. The molecule has 4 aromatic heterocycles. The minimum absolute atomic E-state index is 0.645. The second-order valence-electron chi connectivity index (χ2n) is 13.2. The Morgan fingerprint density at radius 2 is 1.13 bits per heavy atom. The first-order chi connectivity index (χ1) is 25.8. The van der Waals surface area contributed by atoms with E-state index in [1.807, 2.05) is 23.5 Å². The Morgan fingerprint density at radius 1 is 0.462 bits per heavy atom. The van der Waals surface area contributed by atoms with Crippen molar-refractivity contribution in [3.05, 3.63) is 170 Å². The number of hydrogen-bond donors (Lipinski definition) is 0.